The van der Waals surface area contributed by atoms with Gasteiger partial charge in [0.05, 0.1) is 25.5 Å². The van der Waals surface area contributed by atoms with E-state index in [4.69, 9.17) is 23.4 Å². The van der Waals surface area contributed by atoms with Gasteiger partial charge in [0, 0.05) is 5.56 Å². The van der Waals surface area contributed by atoms with Crippen LogP contribution in [0, 0.1) is 0 Å². The van der Waals surface area contributed by atoms with Crippen molar-refractivity contribution >= 4 is 17.6 Å². The molecule has 1 aromatic heterocycles. The van der Waals surface area contributed by atoms with Crippen molar-refractivity contribution in [2.75, 3.05) is 26.1 Å². The number of hydrogen-bond donors (Lipinski definition) is 1. The molecule has 0 aliphatic rings. The second-order valence-corrected chi connectivity index (χ2v) is 7.35. The SMILES string of the molecule is COc1ccccc1NC(=O)COc1ccc(C(=O)OCc2nnc(-c3ccccc3)o2)cc1OC. The van der Waals surface area contributed by atoms with Crippen molar-refractivity contribution in [3.05, 3.63) is 84.3 Å². The molecule has 0 radical (unpaired) electrons. The third-order valence-corrected chi connectivity index (χ3v) is 4.95. The average Bonchev–Trinajstić information content (AvgIpc) is 3.40. The molecule has 10 nitrogen and oxygen atoms in total. The molecular weight excluding hydrogens is 466 g/mol. The van der Waals surface area contributed by atoms with Crippen molar-refractivity contribution in [2.24, 2.45) is 0 Å². The van der Waals surface area contributed by atoms with E-state index in [0.29, 0.717) is 17.3 Å². The predicted molar refractivity (Wildman–Crippen MR) is 129 cm³/mol. The first-order valence-corrected chi connectivity index (χ1v) is 10.9. The molecular formula is C26H23N3O7. The number of ether oxygens (including phenoxy) is 4. The van der Waals surface area contributed by atoms with E-state index in [1.54, 1.807) is 24.3 Å². The minimum absolute atomic E-state index is 0.162. The molecule has 0 spiro atoms. The third-order valence-electron chi connectivity index (χ3n) is 4.95. The number of carbonyl (C=O) groups excluding carboxylic acids is 2. The van der Waals surface area contributed by atoms with Crippen LogP contribution < -0.4 is 19.5 Å². The van der Waals surface area contributed by atoms with Crippen molar-refractivity contribution < 1.29 is 33.0 Å². The van der Waals surface area contributed by atoms with Gasteiger partial charge in [-0.3, -0.25) is 4.79 Å². The minimum atomic E-state index is -0.617. The van der Waals surface area contributed by atoms with Crippen LogP contribution in [0.3, 0.4) is 0 Å². The van der Waals surface area contributed by atoms with Crippen LogP contribution in [0.2, 0.25) is 0 Å². The van der Waals surface area contributed by atoms with Gasteiger partial charge in [0.25, 0.3) is 11.8 Å². The van der Waals surface area contributed by atoms with Crippen LogP contribution in [0.15, 0.2) is 77.2 Å². The summed E-state index contributed by atoms with van der Waals surface area (Å²) in [5, 5.41) is 10.6. The first kappa shape index (κ1) is 24.3. The first-order valence-electron chi connectivity index (χ1n) is 10.9. The summed E-state index contributed by atoms with van der Waals surface area (Å²) in [7, 11) is 2.94. The van der Waals surface area contributed by atoms with Crippen LogP contribution in [-0.4, -0.2) is 42.9 Å². The molecule has 0 unspecified atom stereocenters. The lowest BCUT2D eigenvalue weighted by Crippen LogP contribution is -2.20. The molecule has 0 saturated heterocycles. The molecule has 10 heteroatoms. The number of aromatic nitrogens is 2. The zero-order valence-corrected chi connectivity index (χ0v) is 19.6. The van der Waals surface area contributed by atoms with E-state index in [2.05, 4.69) is 15.5 Å². The molecule has 0 aliphatic carbocycles. The van der Waals surface area contributed by atoms with E-state index in [0.717, 1.165) is 5.56 Å². The summed E-state index contributed by atoms with van der Waals surface area (Å²) in [4.78, 5) is 24.8. The summed E-state index contributed by atoms with van der Waals surface area (Å²) in [5.41, 5.74) is 1.51. The van der Waals surface area contributed by atoms with Gasteiger partial charge in [-0.15, -0.1) is 10.2 Å². The molecule has 4 rings (SSSR count). The van der Waals surface area contributed by atoms with Gasteiger partial charge in [-0.2, -0.15) is 0 Å². The topological polar surface area (TPSA) is 122 Å². The number of anilines is 1. The highest BCUT2D eigenvalue weighted by Gasteiger charge is 2.16. The summed E-state index contributed by atoms with van der Waals surface area (Å²) in [6.45, 7) is -0.471. The summed E-state index contributed by atoms with van der Waals surface area (Å²) < 4.78 is 26.9. The molecule has 0 bridgehead atoms. The molecule has 1 amide bonds. The fraction of sp³-hybridized carbons (Fsp3) is 0.154. The molecule has 0 saturated carbocycles. The molecule has 1 N–H and O–H groups in total. The Bertz CT molecular complexity index is 1340. The number of nitrogens with zero attached hydrogens (tertiary/aromatic N) is 2. The fourth-order valence-electron chi connectivity index (χ4n) is 3.21. The minimum Gasteiger partial charge on any atom is -0.495 e. The Labute approximate surface area is 206 Å². The normalized spacial score (nSPS) is 10.4. The standard InChI is InChI=1S/C26H23N3O7/c1-32-20-11-7-6-10-19(20)27-23(30)15-34-21-13-12-18(14-22(21)33-2)26(31)35-16-24-28-29-25(36-24)17-8-4-3-5-9-17/h3-14H,15-16H2,1-2H3,(H,27,30). The number of methoxy groups -OCH3 is 2. The monoisotopic (exact) mass is 489 g/mol. The maximum atomic E-state index is 12.5. The summed E-state index contributed by atoms with van der Waals surface area (Å²) in [6.07, 6.45) is 0. The molecule has 36 heavy (non-hydrogen) atoms. The molecule has 3 aromatic carbocycles. The highest BCUT2D eigenvalue weighted by Crippen LogP contribution is 2.29. The van der Waals surface area contributed by atoms with E-state index in [1.807, 2.05) is 30.3 Å². The highest BCUT2D eigenvalue weighted by atomic mass is 16.5. The molecule has 0 fully saturated rings. The van der Waals surface area contributed by atoms with Gasteiger partial charge in [-0.25, -0.2) is 4.79 Å². The van der Waals surface area contributed by atoms with Gasteiger partial charge >= 0.3 is 5.97 Å². The molecule has 1 heterocycles. The third kappa shape index (κ3) is 5.98. The molecule has 4 aromatic rings. The number of para-hydroxylation sites is 2. The Hall–Kier alpha value is -4.86. The number of benzene rings is 3. The Morgan fingerprint density at radius 1 is 0.861 bits per heavy atom. The first-order chi connectivity index (χ1) is 17.6. The number of nitrogens with one attached hydrogen (secondary N) is 1. The van der Waals surface area contributed by atoms with Crippen LogP contribution in [0.5, 0.6) is 17.2 Å². The van der Waals surface area contributed by atoms with Gasteiger partial charge in [0.1, 0.15) is 5.75 Å². The number of carbonyl (C=O) groups is 2. The Balaban J connectivity index is 1.33. The van der Waals surface area contributed by atoms with Gasteiger partial charge in [-0.05, 0) is 42.5 Å². The van der Waals surface area contributed by atoms with Crippen molar-refractivity contribution in [2.45, 2.75) is 6.61 Å². The van der Waals surface area contributed by atoms with Crippen molar-refractivity contribution in [3.63, 3.8) is 0 Å². The number of hydrogen-bond acceptors (Lipinski definition) is 9. The van der Waals surface area contributed by atoms with E-state index < -0.39 is 5.97 Å². The second kappa shape index (κ2) is 11.5. The zero-order valence-electron chi connectivity index (χ0n) is 19.6. The van der Waals surface area contributed by atoms with Crippen LogP contribution >= 0.6 is 0 Å². The Morgan fingerprint density at radius 2 is 1.61 bits per heavy atom. The van der Waals surface area contributed by atoms with E-state index in [-0.39, 0.29) is 42.1 Å². The van der Waals surface area contributed by atoms with Crippen LogP contribution in [0.4, 0.5) is 5.69 Å². The van der Waals surface area contributed by atoms with E-state index in [9.17, 15) is 9.59 Å². The maximum absolute atomic E-state index is 12.5. The highest BCUT2D eigenvalue weighted by molar-refractivity contribution is 5.93. The van der Waals surface area contributed by atoms with E-state index >= 15 is 0 Å². The lowest BCUT2D eigenvalue weighted by atomic mass is 10.2. The Morgan fingerprint density at radius 3 is 2.39 bits per heavy atom. The number of rotatable bonds is 10. The Kier molecular flexibility index (Phi) is 7.76. The van der Waals surface area contributed by atoms with Crippen LogP contribution in [0.1, 0.15) is 16.2 Å². The number of amides is 1. The molecule has 0 aliphatic heterocycles. The molecule has 184 valence electrons. The van der Waals surface area contributed by atoms with Crippen LogP contribution in [0.25, 0.3) is 11.5 Å². The second-order valence-electron chi connectivity index (χ2n) is 7.35. The van der Waals surface area contributed by atoms with Crippen molar-refractivity contribution in [1.29, 1.82) is 0 Å². The average molecular weight is 489 g/mol. The van der Waals surface area contributed by atoms with Crippen molar-refractivity contribution in [3.8, 4) is 28.7 Å². The van der Waals surface area contributed by atoms with Gasteiger partial charge in [0.2, 0.25) is 5.89 Å². The fourth-order valence-corrected chi connectivity index (χ4v) is 3.21. The zero-order chi connectivity index (χ0) is 25.3. The van der Waals surface area contributed by atoms with E-state index in [1.165, 1.54) is 32.4 Å². The smallest absolute Gasteiger partial charge is 0.338 e. The largest absolute Gasteiger partial charge is 0.495 e. The van der Waals surface area contributed by atoms with Gasteiger partial charge in [0.15, 0.2) is 24.7 Å². The maximum Gasteiger partial charge on any atom is 0.338 e. The lowest BCUT2D eigenvalue weighted by molar-refractivity contribution is -0.118. The number of esters is 1. The summed E-state index contributed by atoms with van der Waals surface area (Å²) in [5.74, 6) is 0.567. The van der Waals surface area contributed by atoms with Gasteiger partial charge in [-0.1, -0.05) is 30.3 Å². The van der Waals surface area contributed by atoms with Crippen LogP contribution in [-0.2, 0) is 16.1 Å². The molecule has 0 atom stereocenters. The van der Waals surface area contributed by atoms with Crippen molar-refractivity contribution in [1.82, 2.24) is 10.2 Å². The predicted octanol–water partition coefficient (Wildman–Crippen LogP) is 4.13. The summed E-state index contributed by atoms with van der Waals surface area (Å²) in [6, 6.07) is 20.8. The summed E-state index contributed by atoms with van der Waals surface area (Å²) >= 11 is 0. The lowest BCUT2D eigenvalue weighted by Gasteiger charge is -2.13. The van der Waals surface area contributed by atoms with Gasteiger partial charge < -0.3 is 28.7 Å². The quantitative estimate of drug-likeness (QED) is 0.328.